The molecule has 4 amide bonds. The molecule has 1 rings (SSSR count). The second kappa shape index (κ2) is 10.6. The fourth-order valence-corrected chi connectivity index (χ4v) is 1.90. The van der Waals surface area contributed by atoms with E-state index in [1.54, 1.807) is 5.43 Å². The van der Waals surface area contributed by atoms with Gasteiger partial charge in [0.25, 0.3) is 5.91 Å². The van der Waals surface area contributed by atoms with E-state index in [2.05, 4.69) is 10.6 Å². The molecule has 0 aliphatic heterocycles. The van der Waals surface area contributed by atoms with Gasteiger partial charge >= 0.3 is 6.09 Å². The topological polar surface area (TPSA) is 203 Å². The van der Waals surface area contributed by atoms with Crippen LogP contribution in [0.25, 0.3) is 0 Å². The number of hydrogen-bond acceptors (Lipinski definition) is 7. The van der Waals surface area contributed by atoms with E-state index in [-0.39, 0.29) is 12.2 Å². The van der Waals surface area contributed by atoms with Crippen molar-refractivity contribution in [3.05, 3.63) is 29.8 Å². The average Bonchev–Trinajstić information content (AvgIpc) is 2.64. The SMILES string of the molecule is N[C@@H](CO)C(=O)N[C@@H](Cc1ccc(O)cc1)C(=O)NCC(=O)NNC(=O)O. The zero-order valence-corrected chi connectivity index (χ0v) is 14.1. The molecule has 12 heteroatoms. The Morgan fingerprint density at radius 3 is 2.22 bits per heavy atom. The normalized spacial score (nSPS) is 12.4. The van der Waals surface area contributed by atoms with Crippen LogP contribution < -0.4 is 27.2 Å². The van der Waals surface area contributed by atoms with Gasteiger partial charge in [-0.05, 0) is 17.7 Å². The molecule has 148 valence electrons. The average molecular weight is 383 g/mol. The van der Waals surface area contributed by atoms with Crippen LogP contribution >= 0.6 is 0 Å². The van der Waals surface area contributed by atoms with E-state index in [0.29, 0.717) is 5.56 Å². The summed E-state index contributed by atoms with van der Waals surface area (Å²) in [6.07, 6.45) is -1.46. The summed E-state index contributed by atoms with van der Waals surface area (Å²) < 4.78 is 0. The van der Waals surface area contributed by atoms with Gasteiger partial charge in [-0.25, -0.2) is 10.2 Å². The van der Waals surface area contributed by atoms with Gasteiger partial charge in [-0.2, -0.15) is 0 Å². The Kier molecular flexibility index (Phi) is 8.48. The molecule has 0 saturated heterocycles. The Bertz CT molecular complexity index is 680. The number of phenolic OH excluding ortho intramolecular Hbond substituents is 1. The van der Waals surface area contributed by atoms with Crippen molar-refractivity contribution in [3.63, 3.8) is 0 Å². The predicted octanol–water partition coefficient (Wildman–Crippen LogP) is -2.85. The quantitative estimate of drug-likeness (QED) is 0.219. The van der Waals surface area contributed by atoms with E-state index >= 15 is 0 Å². The lowest BCUT2D eigenvalue weighted by atomic mass is 10.0. The van der Waals surface area contributed by atoms with Crippen molar-refractivity contribution >= 4 is 23.8 Å². The molecule has 9 N–H and O–H groups in total. The van der Waals surface area contributed by atoms with Gasteiger partial charge in [0.1, 0.15) is 17.8 Å². The number of nitrogens with two attached hydrogens (primary N) is 1. The molecule has 27 heavy (non-hydrogen) atoms. The first-order valence-electron chi connectivity index (χ1n) is 7.73. The van der Waals surface area contributed by atoms with Crippen molar-refractivity contribution in [1.82, 2.24) is 21.5 Å². The maximum atomic E-state index is 12.3. The fourth-order valence-electron chi connectivity index (χ4n) is 1.90. The van der Waals surface area contributed by atoms with Gasteiger partial charge in [-0.1, -0.05) is 12.1 Å². The maximum Gasteiger partial charge on any atom is 0.423 e. The van der Waals surface area contributed by atoms with E-state index in [9.17, 15) is 24.3 Å². The Hall–Kier alpha value is -3.38. The number of rotatable bonds is 8. The third-order valence-electron chi connectivity index (χ3n) is 3.27. The molecule has 1 aromatic carbocycles. The van der Waals surface area contributed by atoms with E-state index in [1.165, 1.54) is 24.3 Å². The second-order valence-corrected chi connectivity index (χ2v) is 5.42. The zero-order chi connectivity index (χ0) is 20.4. The lowest BCUT2D eigenvalue weighted by molar-refractivity contribution is -0.131. The predicted molar refractivity (Wildman–Crippen MR) is 91.1 cm³/mol. The third kappa shape index (κ3) is 8.02. The summed E-state index contributed by atoms with van der Waals surface area (Å²) in [6.45, 7) is -1.17. The van der Waals surface area contributed by atoms with Crippen LogP contribution in [0.4, 0.5) is 4.79 Å². The highest BCUT2D eigenvalue weighted by Gasteiger charge is 2.24. The van der Waals surface area contributed by atoms with Crippen molar-refractivity contribution < 1.29 is 34.5 Å². The fraction of sp³-hybridized carbons (Fsp3) is 0.333. The number of benzene rings is 1. The molecule has 0 spiro atoms. The van der Waals surface area contributed by atoms with Crippen molar-refractivity contribution in [3.8, 4) is 5.75 Å². The minimum atomic E-state index is -1.48. The van der Waals surface area contributed by atoms with Crippen LogP contribution in [0.5, 0.6) is 5.75 Å². The van der Waals surface area contributed by atoms with Crippen molar-refractivity contribution in [2.24, 2.45) is 5.73 Å². The Balaban J connectivity index is 2.74. The Morgan fingerprint density at radius 1 is 1.04 bits per heavy atom. The summed E-state index contributed by atoms with van der Waals surface area (Å²) in [7, 11) is 0. The summed E-state index contributed by atoms with van der Waals surface area (Å²) in [4.78, 5) is 45.9. The number of aliphatic hydroxyl groups excluding tert-OH is 1. The number of aliphatic hydroxyl groups is 1. The summed E-state index contributed by atoms with van der Waals surface area (Å²) in [5.41, 5.74) is 9.47. The van der Waals surface area contributed by atoms with E-state index in [1.807, 2.05) is 5.43 Å². The second-order valence-electron chi connectivity index (χ2n) is 5.42. The highest BCUT2D eigenvalue weighted by atomic mass is 16.4. The van der Waals surface area contributed by atoms with Gasteiger partial charge in [-0.3, -0.25) is 19.8 Å². The first-order chi connectivity index (χ1) is 12.7. The van der Waals surface area contributed by atoms with Gasteiger partial charge in [0, 0.05) is 6.42 Å². The molecule has 0 aliphatic rings. The highest BCUT2D eigenvalue weighted by Crippen LogP contribution is 2.11. The van der Waals surface area contributed by atoms with Crippen LogP contribution in [0.1, 0.15) is 5.56 Å². The number of carbonyl (C=O) groups excluding carboxylic acids is 3. The molecule has 0 aromatic heterocycles. The van der Waals surface area contributed by atoms with Crippen molar-refractivity contribution in [2.75, 3.05) is 13.2 Å². The molecular formula is C15H21N5O7. The molecule has 0 fully saturated rings. The lowest BCUT2D eigenvalue weighted by Crippen LogP contribution is -2.55. The van der Waals surface area contributed by atoms with Crippen LogP contribution in [0, 0.1) is 0 Å². The number of amides is 4. The summed E-state index contributed by atoms with van der Waals surface area (Å²) in [5, 5.41) is 31.2. The zero-order valence-electron chi connectivity index (χ0n) is 14.1. The molecule has 1 aromatic rings. The number of aromatic hydroxyl groups is 1. The first kappa shape index (κ1) is 21.7. The molecule has 2 atom stereocenters. The van der Waals surface area contributed by atoms with Gasteiger partial charge in [-0.15, -0.1) is 0 Å². The lowest BCUT2D eigenvalue weighted by Gasteiger charge is -2.20. The number of carboxylic acid groups (broad SMARTS) is 1. The summed E-state index contributed by atoms with van der Waals surface area (Å²) in [6, 6.07) is 3.52. The van der Waals surface area contributed by atoms with Gasteiger partial charge in [0.2, 0.25) is 11.8 Å². The molecule has 0 saturated carbocycles. The molecular weight excluding hydrogens is 362 g/mol. The summed E-state index contributed by atoms with van der Waals surface area (Å²) in [5.74, 6) is -2.30. The number of phenols is 1. The Morgan fingerprint density at radius 2 is 1.67 bits per heavy atom. The standard InChI is InChI=1S/C15H21N5O7/c16-10(7-21)13(24)18-11(5-8-1-3-9(22)4-2-8)14(25)17-6-12(23)19-20-15(26)27/h1-4,10-11,20-22H,5-7,16H2,(H,17,25)(H,18,24)(H,19,23)(H,26,27)/t10-,11-/m0/s1. The van der Waals surface area contributed by atoms with E-state index in [0.717, 1.165) is 0 Å². The number of hydrogen-bond donors (Lipinski definition) is 8. The number of nitrogens with one attached hydrogen (secondary N) is 4. The number of hydrazine groups is 1. The third-order valence-corrected chi connectivity index (χ3v) is 3.27. The van der Waals surface area contributed by atoms with Crippen LogP contribution in [0.2, 0.25) is 0 Å². The van der Waals surface area contributed by atoms with Crippen molar-refractivity contribution in [1.29, 1.82) is 0 Å². The first-order valence-corrected chi connectivity index (χ1v) is 7.73. The van der Waals surface area contributed by atoms with Gasteiger partial charge < -0.3 is 31.7 Å². The van der Waals surface area contributed by atoms with E-state index in [4.69, 9.17) is 15.9 Å². The van der Waals surface area contributed by atoms with E-state index < -0.39 is 49.1 Å². The van der Waals surface area contributed by atoms with Crippen LogP contribution in [-0.2, 0) is 20.8 Å². The van der Waals surface area contributed by atoms with Crippen LogP contribution in [0.3, 0.4) is 0 Å². The smallest absolute Gasteiger partial charge is 0.423 e. The number of carbonyl (C=O) groups is 4. The molecule has 0 unspecified atom stereocenters. The van der Waals surface area contributed by atoms with Gasteiger partial charge in [0.15, 0.2) is 0 Å². The van der Waals surface area contributed by atoms with Crippen LogP contribution in [-0.4, -0.2) is 64.4 Å². The minimum Gasteiger partial charge on any atom is -0.508 e. The highest BCUT2D eigenvalue weighted by molar-refractivity contribution is 5.92. The molecule has 0 aliphatic carbocycles. The van der Waals surface area contributed by atoms with Gasteiger partial charge in [0.05, 0.1) is 13.2 Å². The molecule has 0 heterocycles. The molecule has 0 bridgehead atoms. The summed E-state index contributed by atoms with van der Waals surface area (Å²) >= 11 is 0. The van der Waals surface area contributed by atoms with Crippen molar-refractivity contribution in [2.45, 2.75) is 18.5 Å². The molecule has 12 nitrogen and oxygen atoms in total. The van der Waals surface area contributed by atoms with Crippen LogP contribution in [0.15, 0.2) is 24.3 Å². The maximum absolute atomic E-state index is 12.3. The largest absolute Gasteiger partial charge is 0.508 e. The molecule has 0 radical (unpaired) electrons. The monoisotopic (exact) mass is 383 g/mol. The Labute approximate surface area is 153 Å². The minimum absolute atomic E-state index is 0.0188.